The average molecular weight is 542 g/mol. The summed E-state index contributed by atoms with van der Waals surface area (Å²) in [7, 11) is -16.2. The second-order valence-corrected chi connectivity index (χ2v) is 4.02. The minimum absolute atomic E-state index is 0. The second-order valence-electron chi connectivity index (χ2n) is 1.34. The Bertz CT molecular complexity index is 250. The van der Waals surface area contributed by atoms with Crippen LogP contribution in [0.15, 0.2) is 0 Å². The third-order valence-electron chi connectivity index (χ3n) is 0. The summed E-state index contributed by atoms with van der Waals surface area (Å²) in [5.74, 6) is 0. The summed E-state index contributed by atoms with van der Waals surface area (Å²) in [5, 5.41) is 0. The topological polar surface area (TPSA) is 310 Å². The van der Waals surface area contributed by atoms with Crippen molar-refractivity contribution in [2.45, 2.75) is 0 Å². The molecule has 0 aromatic carbocycles. The van der Waals surface area contributed by atoms with Gasteiger partial charge in [0.2, 0.25) is 0 Å². The third-order valence-corrected chi connectivity index (χ3v) is 0. The fourth-order valence-corrected chi connectivity index (χ4v) is 0. The van der Waals surface area contributed by atoms with Crippen molar-refractivity contribution in [3.63, 3.8) is 0 Å². The molecule has 0 amide bonds. The van der Waals surface area contributed by atoms with Gasteiger partial charge in [0.05, 0.1) is 0 Å². The molecule has 22 heavy (non-hydrogen) atoms. The Balaban J connectivity index is -0.0000000257. The van der Waals surface area contributed by atoms with Crippen molar-refractivity contribution in [2.24, 2.45) is 0 Å². The van der Waals surface area contributed by atoms with E-state index >= 15 is 0 Å². The van der Waals surface area contributed by atoms with Gasteiger partial charge in [-0.2, -0.15) is 23.5 Å². The molecule has 0 heterocycles. The molecule has 0 rings (SSSR count). The van der Waals surface area contributed by atoms with Gasteiger partial charge >= 0.3 is 80.2 Å². The summed E-state index contributed by atoms with van der Waals surface area (Å²) in [6.45, 7) is 0. The van der Waals surface area contributed by atoms with Crippen molar-refractivity contribution in [2.75, 3.05) is 0 Å². The molecule has 0 N–H and O–H groups in total. The molecule has 0 spiro atoms. The van der Waals surface area contributed by atoms with Gasteiger partial charge in [0.25, 0.3) is 0 Å². The molecule has 0 saturated heterocycles. The number of hydrogen-bond donors (Lipinski definition) is 0. The van der Waals surface area contributed by atoms with E-state index in [0.29, 0.717) is 0 Å². The van der Waals surface area contributed by atoms with E-state index in [-0.39, 0.29) is 17.1 Å². The van der Waals surface area contributed by atoms with Gasteiger partial charge in [-0.05, 0) is 0 Å². The van der Waals surface area contributed by atoms with Gasteiger partial charge < -0.3 is 57.7 Å². The first-order valence-corrected chi connectivity index (χ1v) is 8.83. The molecule has 15 nitrogen and oxygen atoms in total. The van der Waals surface area contributed by atoms with Gasteiger partial charge in [-0.25, -0.2) is 0 Å². The van der Waals surface area contributed by atoms with Gasteiger partial charge in [0, 0.05) is 0 Å². The molecule has 0 atom stereocenters. The van der Waals surface area contributed by atoms with E-state index in [9.17, 15) is 0 Å². The van der Waals surface area contributed by atoms with E-state index in [2.05, 4.69) is 0 Å². The first kappa shape index (κ1) is 43.9. The molecule has 1 radical (unpaired) electrons. The maximum absolute atomic E-state index is 8.55. The molecule has 0 aliphatic rings. The second kappa shape index (κ2) is 27.8. The molecule has 22 heteroatoms. The number of phosphoric acid groups is 3. The van der Waals surface area contributed by atoms with Gasteiger partial charge in [0.15, 0.2) is 0 Å². The monoisotopic (exact) mass is 542 g/mol. The van der Waals surface area contributed by atoms with Crippen LogP contribution < -0.4 is 44.0 Å². The summed E-state index contributed by atoms with van der Waals surface area (Å²) in [5.41, 5.74) is 0. The molecule has 0 unspecified atom stereocenters. The van der Waals surface area contributed by atoms with E-state index in [1.165, 1.54) is 0 Å². The Kier molecular flexibility index (Phi) is 55.6. The SMILES string of the molecule is O=P([O-])([O-])[O-].O=P([O-])([O-])[O-].O=P([O-])([O-])[O-].[Fe+3].[O]=[V+2].[O]=[V+2].[O]=[V+2]. The van der Waals surface area contributed by atoms with Gasteiger partial charge in [-0.15, -0.1) is 0 Å². The zero-order chi connectivity index (χ0) is 19.5. The quantitative estimate of drug-likeness (QED) is 0.203. The molecular formula is FeO15P3V3. The Morgan fingerprint density at radius 1 is 0.409 bits per heavy atom. The molecule has 0 aliphatic carbocycles. The van der Waals surface area contributed by atoms with Crippen LogP contribution >= 0.6 is 23.5 Å². The fraction of sp³-hybridized carbons (Fsp3) is 0. The van der Waals surface area contributed by atoms with Gasteiger partial charge in [-0.1, -0.05) is 0 Å². The van der Waals surface area contributed by atoms with E-state index in [1.807, 2.05) is 0 Å². The third kappa shape index (κ3) is 2420. The number of hydrogen-bond acceptors (Lipinski definition) is 15. The summed E-state index contributed by atoms with van der Waals surface area (Å²) >= 11 is 3.19. The van der Waals surface area contributed by atoms with Crippen LogP contribution in [0.5, 0.6) is 0 Å². The zero-order valence-electron chi connectivity index (χ0n) is 9.16. The molecule has 128 valence electrons. The van der Waals surface area contributed by atoms with E-state index in [4.69, 9.17) is 68.8 Å². The van der Waals surface area contributed by atoms with Crippen molar-refractivity contribution in [3.8, 4) is 0 Å². The van der Waals surface area contributed by atoms with Crippen LogP contribution in [-0.2, 0) is 93.9 Å². The molecule has 0 fully saturated rings. The van der Waals surface area contributed by atoms with Crippen molar-refractivity contribution < 1.29 is 138 Å². The summed E-state index contributed by atoms with van der Waals surface area (Å²) in [6, 6.07) is 0. The molecule has 0 aromatic rings. The Morgan fingerprint density at radius 2 is 0.409 bits per heavy atom. The zero-order valence-corrected chi connectivity index (χ0v) is 17.1. The first-order valence-electron chi connectivity index (χ1n) is 2.74. The molecule has 0 aliphatic heterocycles. The van der Waals surface area contributed by atoms with Crippen molar-refractivity contribution >= 4 is 23.5 Å². The summed E-state index contributed by atoms with van der Waals surface area (Å²) in [4.78, 5) is 76.9. The molecule has 0 aromatic heterocycles. The van der Waals surface area contributed by atoms with Crippen molar-refractivity contribution in [1.82, 2.24) is 0 Å². The van der Waals surface area contributed by atoms with Crippen molar-refractivity contribution in [1.29, 1.82) is 0 Å². The Morgan fingerprint density at radius 3 is 0.409 bits per heavy atom. The van der Waals surface area contributed by atoms with Gasteiger partial charge in [-0.3, -0.25) is 0 Å². The van der Waals surface area contributed by atoms with Crippen LogP contribution in [0.1, 0.15) is 0 Å². The van der Waals surface area contributed by atoms with Crippen LogP contribution in [-0.4, -0.2) is 0 Å². The Labute approximate surface area is 160 Å². The van der Waals surface area contributed by atoms with E-state index < -0.39 is 23.5 Å². The first-order chi connectivity index (χ1) is 9.00. The molecule has 0 bridgehead atoms. The maximum atomic E-state index is 8.55. The van der Waals surface area contributed by atoms with Gasteiger partial charge in [0.1, 0.15) is 0 Å². The Hall–Kier alpha value is 2.00. The summed E-state index contributed by atoms with van der Waals surface area (Å²) < 4.78 is 50.2. The predicted octanol–water partition coefficient (Wildman–Crippen LogP) is -8.84. The van der Waals surface area contributed by atoms with Crippen LogP contribution in [0.25, 0.3) is 0 Å². The van der Waals surface area contributed by atoms with Crippen LogP contribution in [0, 0.1) is 0 Å². The normalized spacial score (nSPS) is 8.86. The predicted molar refractivity (Wildman–Crippen MR) is 24.9 cm³/mol. The molecular weight excluding hydrogens is 542 g/mol. The fourth-order valence-electron chi connectivity index (χ4n) is 0. The summed E-state index contributed by atoms with van der Waals surface area (Å²) in [6.07, 6.45) is 0. The standard InChI is InChI=1S/Fe.3H3O4P.3O.3V/c;3*1-5(2,3)4;;;;;;/h;3*(H3,1,2,3,4);;;;;;/q+3;;;;;;;3*+2/p-9. The van der Waals surface area contributed by atoms with Crippen LogP contribution in [0.4, 0.5) is 0 Å². The molecule has 0 saturated carbocycles. The van der Waals surface area contributed by atoms with Crippen LogP contribution in [0.2, 0.25) is 0 Å². The van der Waals surface area contributed by atoms with Crippen molar-refractivity contribution in [3.05, 3.63) is 0 Å². The van der Waals surface area contributed by atoms with E-state index in [1.54, 1.807) is 0 Å². The number of rotatable bonds is 0. The van der Waals surface area contributed by atoms with Crippen LogP contribution in [0.3, 0.4) is 0 Å². The minimum atomic E-state index is -5.39. The van der Waals surface area contributed by atoms with E-state index in [0.717, 1.165) is 52.1 Å². The average Bonchev–Trinajstić information content (AvgIpc) is 2.18.